The first kappa shape index (κ1) is 14.1. The van der Waals surface area contributed by atoms with Crippen LogP contribution < -0.4 is 10.7 Å². The molecule has 24 heavy (non-hydrogen) atoms. The Labute approximate surface area is 137 Å². The van der Waals surface area contributed by atoms with Gasteiger partial charge in [-0.1, -0.05) is 18.2 Å². The molecule has 2 aromatic carbocycles. The van der Waals surface area contributed by atoms with Crippen LogP contribution >= 0.6 is 0 Å². The molecule has 4 rings (SSSR count). The minimum absolute atomic E-state index is 0.0561. The Bertz CT molecular complexity index is 1120. The van der Waals surface area contributed by atoms with Gasteiger partial charge in [0, 0.05) is 34.2 Å². The number of H-pyrrole nitrogens is 1. The number of anilines is 1. The fourth-order valence-electron chi connectivity index (χ4n) is 2.75. The van der Waals surface area contributed by atoms with Crippen molar-refractivity contribution in [2.45, 2.75) is 0 Å². The highest BCUT2D eigenvalue weighted by Gasteiger charge is 2.11. The average molecular weight is 315 g/mol. The van der Waals surface area contributed by atoms with Gasteiger partial charge in [-0.05, 0) is 36.4 Å². The lowest BCUT2D eigenvalue weighted by Gasteiger charge is -2.10. The number of benzene rings is 2. The van der Waals surface area contributed by atoms with Crippen LogP contribution in [-0.4, -0.2) is 15.9 Å². The summed E-state index contributed by atoms with van der Waals surface area (Å²) in [4.78, 5) is 32.2. The molecule has 2 heterocycles. The van der Waals surface area contributed by atoms with Crippen molar-refractivity contribution in [1.82, 2.24) is 9.97 Å². The van der Waals surface area contributed by atoms with E-state index in [4.69, 9.17) is 0 Å². The molecule has 5 heteroatoms. The van der Waals surface area contributed by atoms with Crippen molar-refractivity contribution in [3.63, 3.8) is 0 Å². The van der Waals surface area contributed by atoms with Gasteiger partial charge in [0.25, 0.3) is 5.91 Å². The van der Waals surface area contributed by atoms with Crippen LogP contribution in [0.25, 0.3) is 21.8 Å². The lowest BCUT2D eigenvalue weighted by atomic mass is 10.1. The lowest BCUT2D eigenvalue weighted by molar-refractivity contribution is 0.102. The number of pyridine rings is 2. The molecule has 0 unspecified atom stereocenters. The third-order valence-electron chi connectivity index (χ3n) is 3.93. The van der Waals surface area contributed by atoms with E-state index < -0.39 is 0 Å². The van der Waals surface area contributed by atoms with E-state index in [-0.39, 0.29) is 11.3 Å². The number of carbonyl (C=O) groups excluding carboxylic acids is 1. The minimum atomic E-state index is -0.251. The monoisotopic (exact) mass is 315 g/mol. The highest BCUT2D eigenvalue weighted by molar-refractivity contribution is 6.09. The zero-order chi connectivity index (χ0) is 16.5. The summed E-state index contributed by atoms with van der Waals surface area (Å²) in [5, 5.41) is 4.03. The molecule has 4 aromatic rings. The number of amides is 1. The Balaban J connectivity index is 1.87. The number of hydrogen-bond donors (Lipinski definition) is 2. The van der Waals surface area contributed by atoms with Crippen LogP contribution in [0, 0.1) is 0 Å². The van der Waals surface area contributed by atoms with Crippen molar-refractivity contribution in [2.24, 2.45) is 0 Å². The molecule has 0 bridgehead atoms. The molecule has 0 saturated heterocycles. The fourth-order valence-corrected chi connectivity index (χ4v) is 2.75. The number of nitrogens with one attached hydrogen (secondary N) is 2. The maximum atomic E-state index is 12.7. The van der Waals surface area contributed by atoms with Gasteiger partial charge in [0.05, 0.1) is 11.2 Å². The molecular formula is C19H13N3O2. The highest BCUT2D eigenvalue weighted by Crippen LogP contribution is 2.22. The molecule has 2 N–H and O–H groups in total. The lowest BCUT2D eigenvalue weighted by Crippen LogP contribution is -2.13. The molecule has 0 aliphatic rings. The summed E-state index contributed by atoms with van der Waals surface area (Å²) in [6.07, 6.45) is 3.13. The Morgan fingerprint density at radius 2 is 1.67 bits per heavy atom. The number of aromatic nitrogens is 2. The third-order valence-corrected chi connectivity index (χ3v) is 3.93. The van der Waals surface area contributed by atoms with E-state index >= 15 is 0 Å². The summed E-state index contributed by atoms with van der Waals surface area (Å²) in [5.41, 5.74) is 2.37. The molecule has 116 valence electrons. The first-order valence-electron chi connectivity index (χ1n) is 7.49. The predicted octanol–water partition coefficient (Wildman–Crippen LogP) is 3.33. The van der Waals surface area contributed by atoms with Gasteiger partial charge in [-0.25, -0.2) is 0 Å². The van der Waals surface area contributed by atoms with Gasteiger partial charge in [-0.15, -0.1) is 0 Å². The second-order valence-corrected chi connectivity index (χ2v) is 5.42. The number of rotatable bonds is 2. The van der Waals surface area contributed by atoms with Crippen LogP contribution in [0.4, 0.5) is 5.69 Å². The van der Waals surface area contributed by atoms with Crippen molar-refractivity contribution in [3.05, 3.63) is 82.8 Å². The van der Waals surface area contributed by atoms with Crippen molar-refractivity contribution in [3.8, 4) is 0 Å². The highest BCUT2D eigenvalue weighted by atomic mass is 16.1. The van der Waals surface area contributed by atoms with Crippen LogP contribution in [0.15, 0.2) is 71.8 Å². The largest absolute Gasteiger partial charge is 0.353 e. The molecule has 0 radical (unpaired) electrons. The summed E-state index contributed by atoms with van der Waals surface area (Å²) in [6.45, 7) is 0. The molecular weight excluding hydrogens is 302 g/mol. The Kier molecular flexibility index (Phi) is 3.31. The van der Waals surface area contributed by atoms with Gasteiger partial charge in [-0.3, -0.25) is 14.6 Å². The number of nitrogens with zero attached hydrogens (tertiary/aromatic N) is 1. The van der Waals surface area contributed by atoms with Gasteiger partial charge in [0.2, 0.25) is 0 Å². The molecule has 0 fully saturated rings. The summed E-state index contributed by atoms with van der Waals surface area (Å²) in [5.74, 6) is -0.251. The third kappa shape index (κ3) is 2.32. The second kappa shape index (κ2) is 5.62. The smallest absolute Gasteiger partial charge is 0.255 e. The standard InChI is InChI=1S/C19H13N3O2/c23-18-13-4-1-2-6-15(13)21-17-14(18)5-3-7-16(17)22-19(24)12-8-10-20-11-9-12/h1-11H,(H,21,23)(H,22,24). The van der Waals surface area contributed by atoms with E-state index in [0.29, 0.717) is 27.5 Å². The quantitative estimate of drug-likeness (QED) is 0.557. The van der Waals surface area contributed by atoms with Crippen LogP contribution in [0.1, 0.15) is 10.4 Å². The maximum Gasteiger partial charge on any atom is 0.255 e. The summed E-state index contributed by atoms with van der Waals surface area (Å²) in [7, 11) is 0. The van der Waals surface area contributed by atoms with Gasteiger partial charge < -0.3 is 10.3 Å². The van der Waals surface area contributed by atoms with Crippen LogP contribution in [0.2, 0.25) is 0 Å². The maximum absolute atomic E-state index is 12.7. The van der Waals surface area contributed by atoms with Crippen molar-refractivity contribution < 1.29 is 4.79 Å². The fraction of sp³-hybridized carbons (Fsp3) is 0. The molecule has 2 aromatic heterocycles. The minimum Gasteiger partial charge on any atom is -0.353 e. The van der Waals surface area contributed by atoms with Gasteiger partial charge >= 0.3 is 0 Å². The van der Waals surface area contributed by atoms with E-state index in [1.165, 1.54) is 0 Å². The molecule has 0 spiro atoms. The molecule has 0 aliphatic heterocycles. The molecule has 5 nitrogen and oxygen atoms in total. The van der Waals surface area contributed by atoms with Gasteiger partial charge in [0.1, 0.15) is 0 Å². The summed E-state index contributed by atoms with van der Waals surface area (Å²) < 4.78 is 0. The van der Waals surface area contributed by atoms with E-state index in [1.807, 2.05) is 18.2 Å². The first-order valence-corrected chi connectivity index (χ1v) is 7.49. The van der Waals surface area contributed by atoms with Crippen molar-refractivity contribution in [1.29, 1.82) is 0 Å². The number of para-hydroxylation sites is 2. The van der Waals surface area contributed by atoms with E-state index in [2.05, 4.69) is 15.3 Å². The number of carbonyl (C=O) groups is 1. The topological polar surface area (TPSA) is 74.8 Å². The number of aromatic amines is 1. The summed E-state index contributed by atoms with van der Waals surface area (Å²) >= 11 is 0. The first-order chi connectivity index (χ1) is 11.7. The Morgan fingerprint density at radius 3 is 2.50 bits per heavy atom. The number of fused-ring (bicyclic) bond motifs is 2. The normalized spacial score (nSPS) is 10.8. The number of hydrogen-bond acceptors (Lipinski definition) is 3. The molecule has 0 aliphatic carbocycles. The average Bonchev–Trinajstić information content (AvgIpc) is 2.63. The van der Waals surface area contributed by atoms with E-state index in [0.717, 1.165) is 5.52 Å². The van der Waals surface area contributed by atoms with Crippen LogP contribution in [0.3, 0.4) is 0 Å². The Morgan fingerprint density at radius 1 is 0.917 bits per heavy atom. The molecule has 0 saturated carbocycles. The van der Waals surface area contributed by atoms with E-state index in [9.17, 15) is 9.59 Å². The summed E-state index contributed by atoms with van der Waals surface area (Å²) in [6, 6.07) is 15.9. The SMILES string of the molecule is O=C(Nc1cccc2c(=O)c3ccccc3[nH]c12)c1ccncc1. The van der Waals surface area contributed by atoms with Crippen molar-refractivity contribution in [2.75, 3.05) is 5.32 Å². The second-order valence-electron chi connectivity index (χ2n) is 5.42. The molecule has 0 atom stereocenters. The van der Waals surface area contributed by atoms with E-state index in [1.54, 1.807) is 48.8 Å². The van der Waals surface area contributed by atoms with Gasteiger partial charge in [0.15, 0.2) is 5.43 Å². The van der Waals surface area contributed by atoms with Crippen LogP contribution in [-0.2, 0) is 0 Å². The zero-order valence-corrected chi connectivity index (χ0v) is 12.6. The Hall–Kier alpha value is -3.47. The van der Waals surface area contributed by atoms with Crippen molar-refractivity contribution >= 4 is 33.4 Å². The zero-order valence-electron chi connectivity index (χ0n) is 12.6. The molecule has 1 amide bonds. The predicted molar refractivity (Wildman–Crippen MR) is 94.3 cm³/mol. The van der Waals surface area contributed by atoms with Gasteiger partial charge in [-0.2, -0.15) is 0 Å². The van der Waals surface area contributed by atoms with Crippen LogP contribution in [0.5, 0.6) is 0 Å².